The Morgan fingerprint density at radius 1 is 1.50 bits per heavy atom. The minimum atomic E-state index is -1.02. The van der Waals surface area contributed by atoms with Gasteiger partial charge in [0.2, 0.25) is 6.08 Å². The first-order chi connectivity index (χ1) is 6.72. The van der Waals surface area contributed by atoms with Gasteiger partial charge in [0.25, 0.3) is 0 Å². The van der Waals surface area contributed by atoms with Gasteiger partial charge in [-0.15, -0.1) is 0 Å². The van der Waals surface area contributed by atoms with E-state index in [1.807, 2.05) is 0 Å². The van der Waals surface area contributed by atoms with Crippen molar-refractivity contribution in [1.82, 2.24) is 0 Å². The van der Waals surface area contributed by atoms with Crippen LogP contribution in [0.3, 0.4) is 0 Å². The van der Waals surface area contributed by atoms with Gasteiger partial charge in [-0.3, -0.25) is 0 Å². The Balaban J connectivity index is 2.94. The van der Waals surface area contributed by atoms with Crippen molar-refractivity contribution in [2.75, 3.05) is 0 Å². The van der Waals surface area contributed by atoms with E-state index in [2.05, 4.69) is 4.99 Å². The molecule has 0 aliphatic carbocycles. The van der Waals surface area contributed by atoms with E-state index in [-0.39, 0.29) is 0 Å². The fourth-order valence-electron chi connectivity index (χ4n) is 0.918. The third kappa shape index (κ3) is 3.05. The van der Waals surface area contributed by atoms with Crippen molar-refractivity contribution in [3.05, 3.63) is 35.9 Å². The monoisotopic (exact) mass is 189 g/mol. The van der Waals surface area contributed by atoms with E-state index < -0.39 is 5.97 Å². The molecular formula is C10H7NO3. The molecule has 0 saturated heterocycles. The first kappa shape index (κ1) is 9.89. The summed E-state index contributed by atoms with van der Waals surface area (Å²) in [6.07, 6.45) is 3.85. The molecule has 0 aliphatic rings. The Labute approximate surface area is 80.2 Å². The molecule has 0 fully saturated rings. The molecule has 0 spiro atoms. The van der Waals surface area contributed by atoms with Crippen molar-refractivity contribution in [3.63, 3.8) is 0 Å². The van der Waals surface area contributed by atoms with E-state index in [4.69, 9.17) is 5.11 Å². The second kappa shape index (κ2) is 4.74. The zero-order chi connectivity index (χ0) is 10.4. The highest BCUT2D eigenvalue weighted by Crippen LogP contribution is 2.14. The quantitative estimate of drug-likeness (QED) is 0.447. The van der Waals surface area contributed by atoms with E-state index in [0.717, 1.165) is 6.08 Å². The lowest BCUT2D eigenvalue weighted by Gasteiger charge is -1.93. The molecular weight excluding hydrogens is 182 g/mol. The maximum atomic E-state index is 10.2. The fraction of sp³-hybridized carbons (Fsp3) is 0. The maximum Gasteiger partial charge on any atom is 0.328 e. The summed E-state index contributed by atoms with van der Waals surface area (Å²) < 4.78 is 0. The van der Waals surface area contributed by atoms with Crippen LogP contribution in [0, 0.1) is 0 Å². The third-order valence-electron chi connectivity index (χ3n) is 1.46. The number of carbonyl (C=O) groups is 1. The summed E-state index contributed by atoms with van der Waals surface area (Å²) in [5.74, 6) is -1.02. The van der Waals surface area contributed by atoms with Gasteiger partial charge in [0.15, 0.2) is 0 Å². The average Bonchev–Trinajstić information content (AvgIpc) is 2.16. The minimum Gasteiger partial charge on any atom is -0.478 e. The van der Waals surface area contributed by atoms with Gasteiger partial charge >= 0.3 is 5.97 Å². The Morgan fingerprint density at radius 2 is 2.29 bits per heavy atom. The van der Waals surface area contributed by atoms with Crippen LogP contribution in [0.2, 0.25) is 0 Å². The summed E-state index contributed by atoms with van der Waals surface area (Å²) in [7, 11) is 0. The van der Waals surface area contributed by atoms with Crippen LogP contribution < -0.4 is 0 Å². The normalized spacial score (nSPS) is 9.71. The lowest BCUT2D eigenvalue weighted by atomic mass is 10.2. The smallest absolute Gasteiger partial charge is 0.328 e. The van der Waals surface area contributed by atoms with E-state index in [9.17, 15) is 9.59 Å². The number of isocyanates is 1. The first-order valence-corrected chi connectivity index (χ1v) is 3.81. The number of nitrogens with zero attached hydrogens (tertiary/aromatic N) is 1. The largest absolute Gasteiger partial charge is 0.478 e. The van der Waals surface area contributed by atoms with Gasteiger partial charge in [-0.1, -0.05) is 12.1 Å². The number of hydrogen-bond acceptors (Lipinski definition) is 3. The lowest BCUT2D eigenvalue weighted by Crippen LogP contribution is -1.85. The molecule has 0 saturated carbocycles. The topological polar surface area (TPSA) is 66.7 Å². The Morgan fingerprint density at radius 3 is 2.93 bits per heavy atom. The van der Waals surface area contributed by atoms with Crippen molar-refractivity contribution < 1.29 is 14.7 Å². The van der Waals surface area contributed by atoms with Crippen LogP contribution in [-0.2, 0) is 9.59 Å². The molecule has 1 rings (SSSR count). The standard InChI is InChI=1S/C10H7NO3/c12-7-11-9-3-1-2-8(6-9)4-5-10(13)14/h1-6H,(H,13,14)/b5-4+. The van der Waals surface area contributed by atoms with Crippen molar-refractivity contribution in [1.29, 1.82) is 0 Å². The summed E-state index contributed by atoms with van der Waals surface area (Å²) in [5, 5.41) is 8.37. The Hall–Kier alpha value is -2.19. The van der Waals surface area contributed by atoms with Crippen molar-refractivity contribution in [2.45, 2.75) is 0 Å². The van der Waals surface area contributed by atoms with Crippen molar-refractivity contribution in [2.24, 2.45) is 4.99 Å². The van der Waals surface area contributed by atoms with Gasteiger partial charge in [0.1, 0.15) is 0 Å². The highest BCUT2D eigenvalue weighted by Gasteiger charge is 1.91. The first-order valence-electron chi connectivity index (χ1n) is 3.81. The van der Waals surface area contributed by atoms with E-state index in [1.165, 1.54) is 12.2 Å². The summed E-state index contributed by atoms with van der Waals surface area (Å²) in [4.78, 5) is 23.6. The molecule has 0 amide bonds. The molecule has 70 valence electrons. The average molecular weight is 189 g/mol. The van der Waals surface area contributed by atoms with Gasteiger partial charge in [-0.2, -0.15) is 4.99 Å². The van der Waals surface area contributed by atoms with Gasteiger partial charge in [-0.05, 0) is 23.8 Å². The zero-order valence-corrected chi connectivity index (χ0v) is 7.18. The predicted molar refractivity (Wildman–Crippen MR) is 50.9 cm³/mol. The fourth-order valence-corrected chi connectivity index (χ4v) is 0.918. The van der Waals surface area contributed by atoms with Gasteiger partial charge in [0, 0.05) is 6.08 Å². The minimum absolute atomic E-state index is 0.451. The molecule has 0 heterocycles. The Bertz CT molecular complexity index is 417. The number of hydrogen-bond donors (Lipinski definition) is 1. The van der Waals surface area contributed by atoms with Gasteiger partial charge < -0.3 is 5.11 Å². The maximum absolute atomic E-state index is 10.2. The molecule has 0 radical (unpaired) electrons. The molecule has 14 heavy (non-hydrogen) atoms. The number of aliphatic imine (C=N–C) groups is 1. The van der Waals surface area contributed by atoms with Crippen LogP contribution in [0.1, 0.15) is 5.56 Å². The number of carboxylic acid groups (broad SMARTS) is 1. The second-order valence-corrected chi connectivity index (χ2v) is 2.47. The van der Waals surface area contributed by atoms with Crippen molar-refractivity contribution in [3.8, 4) is 0 Å². The predicted octanol–water partition coefficient (Wildman–Crippen LogP) is 1.75. The van der Waals surface area contributed by atoms with E-state index >= 15 is 0 Å². The third-order valence-corrected chi connectivity index (χ3v) is 1.46. The second-order valence-electron chi connectivity index (χ2n) is 2.47. The van der Waals surface area contributed by atoms with Gasteiger partial charge in [0.05, 0.1) is 5.69 Å². The number of benzene rings is 1. The molecule has 4 heteroatoms. The van der Waals surface area contributed by atoms with Crippen LogP contribution in [0.25, 0.3) is 6.08 Å². The molecule has 1 aromatic carbocycles. The lowest BCUT2D eigenvalue weighted by molar-refractivity contribution is -0.131. The Kier molecular flexibility index (Phi) is 3.35. The van der Waals surface area contributed by atoms with E-state index in [0.29, 0.717) is 11.3 Å². The van der Waals surface area contributed by atoms with Crippen molar-refractivity contribution >= 4 is 23.8 Å². The van der Waals surface area contributed by atoms with Crippen LogP contribution in [0.15, 0.2) is 35.3 Å². The molecule has 0 aliphatic heterocycles. The molecule has 1 aromatic rings. The van der Waals surface area contributed by atoms with Crippen LogP contribution in [0.5, 0.6) is 0 Å². The summed E-state index contributed by atoms with van der Waals surface area (Å²) in [6, 6.07) is 6.61. The summed E-state index contributed by atoms with van der Waals surface area (Å²) in [5.41, 5.74) is 1.12. The molecule has 0 aromatic heterocycles. The summed E-state index contributed by atoms with van der Waals surface area (Å²) in [6.45, 7) is 0. The molecule has 1 N–H and O–H groups in total. The number of carboxylic acids is 1. The molecule has 4 nitrogen and oxygen atoms in total. The highest BCUT2D eigenvalue weighted by molar-refractivity contribution is 5.85. The summed E-state index contributed by atoms with van der Waals surface area (Å²) >= 11 is 0. The van der Waals surface area contributed by atoms with Crippen LogP contribution in [0.4, 0.5) is 5.69 Å². The highest BCUT2D eigenvalue weighted by atomic mass is 16.4. The van der Waals surface area contributed by atoms with E-state index in [1.54, 1.807) is 24.3 Å². The number of rotatable bonds is 3. The number of aliphatic carboxylic acids is 1. The molecule has 0 atom stereocenters. The zero-order valence-electron chi connectivity index (χ0n) is 7.18. The van der Waals surface area contributed by atoms with Crippen LogP contribution >= 0.6 is 0 Å². The molecule has 0 bridgehead atoms. The molecule has 0 unspecified atom stereocenters. The SMILES string of the molecule is O=C=Nc1cccc(/C=C/C(=O)O)c1. The number of carbonyl (C=O) groups excluding carboxylic acids is 1. The van der Waals surface area contributed by atoms with Crippen LogP contribution in [-0.4, -0.2) is 17.2 Å². The van der Waals surface area contributed by atoms with Gasteiger partial charge in [-0.25, -0.2) is 9.59 Å².